The van der Waals surface area contributed by atoms with Crippen molar-refractivity contribution in [2.75, 3.05) is 5.73 Å². The molecular weight excluding hydrogens is 330 g/mol. The lowest BCUT2D eigenvalue weighted by molar-refractivity contribution is 0.787. The molecule has 5 nitrogen and oxygen atoms in total. The summed E-state index contributed by atoms with van der Waals surface area (Å²) in [7, 11) is 0. The zero-order valence-corrected chi connectivity index (χ0v) is 13.3. The molecule has 0 bridgehead atoms. The second-order valence-electron chi connectivity index (χ2n) is 4.87. The smallest absolute Gasteiger partial charge is 0.187 e. The first-order valence-electron chi connectivity index (χ1n) is 6.48. The number of nitrogens with two attached hydrogens (primary N) is 1. The molecule has 0 fully saturated rings. The topological polar surface area (TPSA) is 69.6 Å². The van der Waals surface area contributed by atoms with Crippen LogP contribution in [0.25, 0.3) is 17.1 Å². The molecule has 2 aromatic carbocycles. The fraction of sp³-hybridized carbons (Fsp3) is 0.133. The van der Waals surface area contributed by atoms with Crippen molar-refractivity contribution in [2.45, 2.75) is 13.8 Å². The van der Waals surface area contributed by atoms with Crippen LogP contribution in [0.5, 0.6) is 0 Å². The van der Waals surface area contributed by atoms with E-state index in [9.17, 15) is 0 Å². The molecule has 0 spiro atoms. The predicted molar refractivity (Wildman–Crippen MR) is 86.2 cm³/mol. The third-order valence-electron chi connectivity index (χ3n) is 3.46. The molecule has 0 unspecified atom stereocenters. The minimum Gasteiger partial charge on any atom is -0.399 e. The Morgan fingerprint density at radius 2 is 1.95 bits per heavy atom. The van der Waals surface area contributed by atoms with Crippen LogP contribution in [0.2, 0.25) is 0 Å². The van der Waals surface area contributed by atoms with Gasteiger partial charge in [-0.1, -0.05) is 22.0 Å². The van der Waals surface area contributed by atoms with Gasteiger partial charge in [0.2, 0.25) is 0 Å². The van der Waals surface area contributed by atoms with E-state index in [0.717, 1.165) is 32.5 Å². The standard InChI is InChI=1S/C15H14BrN5/c1-9-8-11(6-7-13(9)17)15-18-19-20-21(15)14-5-3-4-12(16)10(14)2/h3-8H,17H2,1-2H3. The van der Waals surface area contributed by atoms with Gasteiger partial charge >= 0.3 is 0 Å². The fourth-order valence-corrected chi connectivity index (χ4v) is 2.53. The monoisotopic (exact) mass is 343 g/mol. The van der Waals surface area contributed by atoms with Gasteiger partial charge in [0.05, 0.1) is 5.69 Å². The molecule has 0 aliphatic heterocycles. The quantitative estimate of drug-likeness (QED) is 0.725. The molecule has 0 atom stereocenters. The molecule has 1 aromatic heterocycles. The lowest BCUT2D eigenvalue weighted by atomic mass is 10.1. The number of tetrazole rings is 1. The number of anilines is 1. The van der Waals surface area contributed by atoms with E-state index in [-0.39, 0.29) is 0 Å². The molecular formula is C15H14BrN5. The van der Waals surface area contributed by atoms with Crippen LogP contribution in [0.4, 0.5) is 5.69 Å². The van der Waals surface area contributed by atoms with Gasteiger partial charge in [0, 0.05) is 15.7 Å². The Labute approximate surface area is 130 Å². The molecule has 0 saturated carbocycles. The van der Waals surface area contributed by atoms with Crippen molar-refractivity contribution in [1.29, 1.82) is 0 Å². The Hall–Kier alpha value is -2.21. The van der Waals surface area contributed by atoms with Crippen LogP contribution >= 0.6 is 15.9 Å². The summed E-state index contributed by atoms with van der Waals surface area (Å²) in [4.78, 5) is 0. The molecule has 3 aromatic rings. The maximum Gasteiger partial charge on any atom is 0.187 e. The summed E-state index contributed by atoms with van der Waals surface area (Å²) in [5, 5.41) is 12.1. The van der Waals surface area contributed by atoms with Crippen molar-refractivity contribution in [3.8, 4) is 17.1 Å². The van der Waals surface area contributed by atoms with E-state index >= 15 is 0 Å². The van der Waals surface area contributed by atoms with E-state index in [0.29, 0.717) is 5.82 Å². The van der Waals surface area contributed by atoms with E-state index in [2.05, 4.69) is 31.5 Å². The second kappa shape index (κ2) is 5.29. The fourth-order valence-electron chi connectivity index (χ4n) is 2.17. The van der Waals surface area contributed by atoms with E-state index in [1.807, 2.05) is 50.2 Å². The Morgan fingerprint density at radius 3 is 2.71 bits per heavy atom. The van der Waals surface area contributed by atoms with Gasteiger partial charge in [0.25, 0.3) is 0 Å². The first-order valence-corrected chi connectivity index (χ1v) is 7.27. The molecule has 106 valence electrons. The van der Waals surface area contributed by atoms with Crippen LogP contribution in [-0.4, -0.2) is 20.2 Å². The highest BCUT2D eigenvalue weighted by molar-refractivity contribution is 9.10. The van der Waals surface area contributed by atoms with Gasteiger partial charge in [-0.25, -0.2) is 0 Å². The molecule has 0 aliphatic carbocycles. The van der Waals surface area contributed by atoms with Crippen molar-refractivity contribution in [3.05, 3.63) is 52.0 Å². The van der Waals surface area contributed by atoms with Gasteiger partial charge in [0.15, 0.2) is 5.82 Å². The molecule has 6 heteroatoms. The summed E-state index contributed by atoms with van der Waals surface area (Å²) >= 11 is 3.54. The zero-order chi connectivity index (χ0) is 15.0. The maximum absolute atomic E-state index is 5.87. The molecule has 0 amide bonds. The number of aromatic nitrogens is 4. The van der Waals surface area contributed by atoms with Gasteiger partial charge in [-0.3, -0.25) is 0 Å². The first-order chi connectivity index (χ1) is 10.1. The third-order valence-corrected chi connectivity index (χ3v) is 4.32. The van der Waals surface area contributed by atoms with Crippen molar-refractivity contribution in [3.63, 3.8) is 0 Å². The SMILES string of the molecule is Cc1cc(-c2nnnn2-c2cccc(Br)c2C)ccc1N. The van der Waals surface area contributed by atoms with Gasteiger partial charge in [0.1, 0.15) is 0 Å². The highest BCUT2D eigenvalue weighted by Crippen LogP contribution is 2.27. The summed E-state index contributed by atoms with van der Waals surface area (Å²) < 4.78 is 2.76. The van der Waals surface area contributed by atoms with E-state index < -0.39 is 0 Å². The first kappa shape index (κ1) is 13.8. The summed E-state index contributed by atoms with van der Waals surface area (Å²) in [5.41, 5.74) is 10.6. The minimum absolute atomic E-state index is 0.694. The summed E-state index contributed by atoms with van der Waals surface area (Å²) in [6, 6.07) is 11.7. The Morgan fingerprint density at radius 1 is 1.14 bits per heavy atom. The van der Waals surface area contributed by atoms with Crippen molar-refractivity contribution in [2.24, 2.45) is 0 Å². The molecule has 0 saturated heterocycles. The largest absolute Gasteiger partial charge is 0.399 e. The van der Waals surface area contributed by atoms with Crippen LogP contribution in [-0.2, 0) is 0 Å². The average molecular weight is 344 g/mol. The molecule has 2 N–H and O–H groups in total. The van der Waals surface area contributed by atoms with Crippen LogP contribution in [0.1, 0.15) is 11.1 Å². The second-order valence-corrected chi connectivity index (χ2v) is 5.72. The number of hydrogen-bond acceptors (Lipinski definition) is 4. The Kier molecular flexibility index (Phi) is 3.47. The van der Waals surface area contributed by atoms with Gasteiger partial charge in [-0.05, 0) is 65.7 Å². The number of hydrogen-bond donors (Lipinski definition) is 1. The third kappa shape index (κ3) is 2.42. The van der Waals surface area contributed by atoms with Crippen LogP contribution in [0.15, 0.2) is 40.9 Å². The molecule has 1 heterocycles. The van der Waals surface area contributed by atoms with Gasteiger partial charge in [-0.15, -0.1) is 5.10 Å². The Bertz CT molecular complexity index is 810. The maximum atomic E-state index is 5.87. The number of rotatable bonds is 2. The number of benzene rings is 2. The van der Waals surface area contributed by atoms with E-state index in [4.69, 9.17) is 5.73 Å². The highest BCUT2D eigenvalue weighted by Gasteiger charge is 2.14. The van der Waals surface area contributed by atoms with Gasteiger partial charge < -0.3 is 5.73 Å². The highest BCUT2D eigenvalue weighted by atomic mass is 79.9. The summed E-state index contributed by atoms with van der Waals surface area (Å²) in [6.07, 6.45) is 0. The lowest BCUT2D eigenvalue weighted by Gasteiger charge is -2.10. The van der Waals surface area contributed by atoms with E-state index in [1.165, 1.54) is 0 Å². The lowest BCUT2D eigenvalue weighted by Crippen LogP contribution is -2.03. The molecule has 0 aliphatic rings. The Balaban J connectivity index is 2.17. The zero-order valence-electron chi connectivity index (χ0n) is 11.7. The van der Waals surface area contributed by atoms with Crippen molar-refractivity contribution < 1.29 is 0 Å². The predicted octanol–water partition coefficient (Wildman–Crippen LogP) is 3.29. The van der Waals surface area contributed by atoms with Crippen molar-refractivity contribution in [1.82, 2.24) is 20.2 Å². The van der Waals surface area contributed by atoms with Gasteiger partial charge in [-0.2, -0.15) is 4.68 Å². The van der Waals surface area contributed by atoms with E-state index in [1.54, 1.807) is 4.68 Å². The minimum atomic E-state index is 0.694. The van der Waals surface area contributed by atoms with Crippen LogP contribution < -0.4 is 5.73 Å². The molecule has 0 radical (unpaired) electrons. The van der Waals surface area contributed by atoms with Crippen LogP contribution in [0.3, 0.4) is 0 Å². The van der Waals surface area contributed by atoms with Crippen molar-refractivity contribution >= 4 is 21.6 Å². The number of aryl methyl sites for hydroxylation is 1. The number of nitrogen functional groups attached to an aromatic ring is 1. The normalized spacial score (nSPS) is 10.8. The number of nitrogens with zero attached hydrogens (tertiary/aromatic N) is 4. The summed E-state index contributed by atoms with van der Waals surface area (Å²) in [6.45, 7) is 4.00. The summed E-state index contributed by atoms with van der Waals surface area (Å²) in [5.74, 6) is 0.694. The number of halogens is 1. The molecule has 3 rings (SSSR count). The molecule has 21 heavy (non-hydrogen) atoms. The van der Waals surface area contributed by atoms with Crippen LogP contribution in [0, 0.1) is 13.8 Å². The average Bonchev–Trinajstić information content (AvgIpc) is 2.94.